The van der Waals surface area contributed by atoms with Crippen molar-refractivity contribution in [3.05, 3.63) is 54.1 Å². The Kier molecular flexibility index (Phi) is 7.96. The van der Waals surface area contributed by atoms with E-state index in [9.17, 15) is 4.79 Å². The molecule has 0 aliphatic rings. The Hall–Kier alpha value is -2.53. The molecule has 26 heavy (non-hydrogen) atoms. The summed E-state index contributed by atoms with van der Waals surface area (Å²) < 4.78 is 11.1. The fourth-order valence-corrected chi connectivity index (χ4v) is 2.64. The second-order valence-electron chi connectivity index (χ2n) is 5.88. The predicted octanol–water partition coefficient (Wildman–Crippen LogP) is 3.94. The lowest BCUT2D eigenvalue weighted by atomic mass is 10.2. The molecule has 0 aliphatic carbocycles. The highest BCUT2D eigenvalue weighted by Gasteiger charge is 2.08. The smallest absolute Gasteiger partial charge is 0.262 e. The summed E-state index contributed by atoms with van der Waals surface area (Å²) in [5.74, 6) is 1.01. The van der Waals surface area contributed by atoms with Gasteiger partial charge in [-0.25, -0.2) is 0 Å². The molecular formula is C21H28N2O3. The number of amides is 1. The molecule has 1 amide bonds. The van der Waals surface area contributed by atoms with Crippen molar-refractivity contribution in [1.82, 2.24) is 4.90 Å². The first-order valence-corrected chi connectivity index (χ1v) is 9.12. The second kappa shape index (κ2) is 10.5. The Bertz CT molecular complexity index is 699. The maximum atomic E-state index is 12.2. The van der Waals surface area contributed by atoms with Gasteiger partial charge in [0.15, 0.2) is 18.1 Å². The van der Waals surface area contributed by atoms with Crippen molar-refractivity contribution in [2.75, 3.05) is 31.6 Å². The largest absolute Gasteiger partial charge is 0.490 e. The molecule has 0 aromatic heterocycles. The van der Waals surface area contributed by atoms with Crippen LogP contribution in [0, 0.1) is 0 Å². The number of anilines is 1. The lowest BCUT2D eigenvalue weighted by Gasteiger charge is -2.18. The molecular weight excluding hydrogens is 328 g/mol. The Balaban J connectivity index is 1.92. The molecule has 140 valence electrons. The van der Waals surface area contributed by atoms with Crippen molar-refractivity contribution >= 4 is 11.6 Å². The van der Waals surface area contributed by atoms with Gasteiger partial charge in [0.25, 0.3) is 5.91 Å². The van der Waals surface area contributed by atoms with Crippen molar-refractivity contribution in [2.24, 2.45) is 0 Å². The lowest BCUT2D eigenvalue weighted by molar-refractivity contribution is -0.118. The van der Waals surface area contributed by atoms with E-state index in [4.69, 9.17) is 9.47 Å². The number of carbonyl (C=O) groups excluding carboxylic acids is 1. The minimum atomic E-state index is -0.198. The summed E-state index contributed by atoms with van der Waals surface area (Å²) in [6, 6.07) is 15.3. The molecule has 0 atom stereocenters. The molecule has 0 radical (unpaired) electrons. The standard InChI is InChI=1S/C21H28N2O3/c1-4-23(5-2)15-17-10-9-11-18(14-17)22-21(24)16-26-20-13-8-7-12-19(20)25-6-3/h7-14H,4-6,15-16H2,1-3H3,(H,22,24). The van der Waals surface area contributed by atoms with Crippen LogP contribution in [0.15, 0.2) is 48.5 Å². The average Bonchev–Trinajstić information content (AvgIpc) is 2.66. The van der Waals surface area contributed by atoms with Gasteiger partial charge in [-0.3, -0.25) is 9.69 Å². The Morgan fingerprint density at radius 1 is 0.962 bits per heavy atom. The summed E-state index contributed by atoms with van der Waals surface area (Å²) in [6.45, 7) is 9.55. The molecule has 2 aromatic rings. The molecule has 2 aromatic carbocycles. The van der Waals surface area contributed by atoms with E-state index in [2.05, 4.69) is 30.1 Å². The van der Waals surface area contributed by atoms with E-state index in [1.807, 2.05) is 43.3 Å². The fraction of sp³-hybridized carbons (Fsp3) is 0.381. The van der Waals surface area contributed by atoms with Crippen LogP contribution in [-0.4, -0.2) is 37.1 Å². The van der Waals surface area contributed by atoms with Gasteiger partial charge in [0.05, 0.1) is 6.61 Å². The summed E-state index contributed by atoms with van der Waals surface area (Å²) in [7, 11) is 0. The Morgan fingerprint density at radius 3 is 2.31 bits per heavy atom. The zero-order chi connectivity index (χ0) is 18.8. The maximum absolute atomic E-state index is 12.2. The number of nitrogens with one attached hydrogen (secondary N) is 1. The van der Waals surface area contributed by atoms with E-state index in [0.717, 1.165) is 25.3 Å². The van der Waals surface area contributed by atoms with Crippen LogP contribution in [0.1, 0.15) is 26.3 Å². The van der Waals surface area contributed by atoms with E-state index in [1.165, 1.54) is 5.56 Å². The van der Waals surface area contributed by atoms with Gasteiger partial charge in [-0.15, -0.1) is 0 Å². The van der Waals surface area contributed by atoms with Crippen molar-refractivity contribution in [1.29, 1.82) is 0 Å². The molecule has 0 unspecified atom stereocenters. The number of hydrogen-bond donors (Lipinski definition) is 1. The number of benzene rings is 2. The summed E-state index contributed by atoms with van der Waals surface area (Å²) in [5, 5.41) is 2.89. The molecule has 0 saturated heterocycles. The van der Waals surface area contributed by atoms with E-state index in [1.54, 1.807) is 6.07 Å². The van der Waals surface area contributed by atoms with Crippen LogP contribution in [0.4, 0.5) is 5.69 Å². The van der Waals surface area contributed by atoms with Gasteiger partial charge in [-0.2, -0.15) is 0 Å². The summed E-state index contributed by atoms with van der Waals surface area (Å²) in [4.78, 5) is 14.5. The molecule has 2 rings (SSSR count). The first-order chi connectivity index (χ1) is 12.7. The molecule has 0 spiro atoms. The van der Waals surface area contributed by atoms with Gasteiger partial charge in [0.1, 0.15) is 0 Å². The molecule has 1 N–H and O–H groups in total. The molecule has 0 saturated carbocycles. The quantitative estimate of drug-likeness (QED) is 0.700. The van der Waals surface area contributed by atoms with Crippen LogP contribution in [0.3, 0.4) is 0 Å². The molecule has 0 fully saturated rings. The van der Waals surface area contributed by atoms with Gasteiger partial charge >= 0.3 is 0 Å². The summed E-state index contributed by atoms with van der Waals surface area (Å²) in [6.07, 6.45) is 0. The fourth-order valence-electron chi connectivity index (χ4n) is 2.64. The lowest BCUT2D eigenvalue weighted by Crippen LogP contribution is -2.22. The number of hydrogen-bond acceptors (Lipinski definition) is 4. The Labute approximate surface area is 155 Å². The van der Waals surface area contributed by atoms with Gasteiger partial charge < -0.3 is 14.8 Å². The van der Waals surface area contributed by atoms with Crippen LogP contribution in [0.2, 0.25) is 0 Å². The van der Waals surface area contributed by atoms with E-state index in [0.29, 0.717) is 18.1 Å². The minimum absolute atomic E-state index is 0.0651. The zero-order valence-corrected chi connectivity index (χ0v) is 15.8. The third kappa shape index (κ3) is 6.08. The van der Waals surface area contributed by atoms with Crippen LogP contribution in [-0.2, 0) is 11.3 Å². The van der Waals surface area contributed by atoms with Crippen molar-refractivity contribution < 1.29 is 14.3 Å². The first kappa shape index (κ1) is 19.8. The van der Waals surface area contributed by atoms with E-state index >= 15 is 0 Å². The highest BCUT2D eigenvalue weighted by molar-refractivity contribution is 5.91. The zero-order valence-electron chi connectivity index (χ0n) is 15.8. The number of para-hydroxylation sites is 2. The van der Waals surface area contributed by atoms with Crippen molar-refractivity contribution in [3.8, 4) is 11.5 Å². The molecule has 5 nitrogen and oxygen atoms in total. The molecule has 0 heterocycles. The first-order valence-electron chi connectivity index (χ1n) is 9.12. The van der Waals surface area contributed by atoms with Gasteiger partial charge in [0.2, 0.25) is 0 Å². The van der Waals surface area contributed by atoms with Crippen LogP contribution < -0.4 is 14.8 Å². The van der Waals surface area contributed by atoms with Gasteiger partial charge in [0, 0.05) is 12.2 Å². The number of nitrogens with zero attached hydrogens (tertiary/aromatic N) is 1. The minimum Gasteiger partial charge on any atom is -0.490 e. The average molecular weight is 356 g/mol. The molecule has 5 heteroatoms. The van der Waals surface area contributed by atoms with E-state index in [-0.39, 0.29) is 12.5 Å². The monoisotopic (exact) mass is 356 g/mol. The second-order valence-corrected chi connectivity index (χ2v) is 5.88. The molecule has 0 aliphatic heterocycles. The SMILES string of the molecule is CCOc1ccccc1OCC(=O)Nc1cccc(CN(CC)CC)c1. The van der Waals surface area contributed by atoms with Crippen LogP contribution in [0.5, 0.6) is 11.5 Å². The predicted molar refractivity (Wildman–Crippen MR) is 105 cm³/mol. The van der Waals surface area contributed by atoms with Crippen molar-refractivity contribution in [3.63, 3.8) is 0 Å². The highest BCUT2D eigenvalue weighted by atomic mass is 16.5. The van der Waals surface area contributed by atoms with Gasteiger partial charge in [-0.1, -0.05) is 38.1 Å². The third-order valence-corrected chi connectivity index (χ3v) is 4.02. The Morgan fingerprint density at radius 2 is 1.65 bits per heavy atom. The highest BCUT2D eigenvalue weighted by Crippen LogP contribution is 2.26. The van der Waals surface area contributed by atoms with Gasteiger partial charge in [-0.05, 0) is 49.8 Å². The third-order valence-electron chi connectivity index (χ3n) is 4.02. The van der Waals surface area contributed by atoms with Crippen molar-refractivity contribution in [2.45, 2.75) is 27.3 Å². The maximum Gasteiger partial charge on any atom is 0.262 e. The van der Waals surface area contributed by atoms with Crippen LogP contribution in [0.25, 0.3) is 0 Å². The summed E-state index contributed by atoms with van der Waals surface area (Å²) in [5.41, 5.74) is 1.95. The number of ether oxygens (including phenoxy) is 2. The topological polar surface area (TPSA) is 50.8 Å². The van der Waals surface area contributed by atoms with Crippen LogP contribution >= 0.6 is 0 Å². The van der Waals surface area contributed by atoms with E-state index < -0.39 is 0 Å². The number of rotatable bonds is 10. The summed E-state index contributed by atoms with van der Waals surface area (Å²) >= 11 is 0. The normalized spacial score (nSPS) is 10.6. The molecule has 0 bridgehead atoms. The number of carbonyl (C=O) groups is 1.